The van der Waals surface area contributed by atoms with Gasteiger partial charge in [-0.15, -0.1) is 0 Å². The van der Waals surface area contributed by atoms with E-state index in [9.17, 15) is 4.79 Å². The summed E-state index contributed by atoms with van der Waals surface area (Å²) in [6, 6.07) is 0. The zero-order valence-electron chi connectivity index (χ0n) is 7.80. The SMILES string of the molecule is CCn1c(CO)cnc1SCC(=O)O. The molecule has 78 valence electrons. The van der Waals surface area contributed by atoms with Crippen molar-refractivity contribution in [3.8, 4) is 0 Å². The highest BCUT2D eigenvalue weighted by molar-refractivity contribution is 7.99. The van der Waals surface area contributed by atoms with Crippen LogP contribution in [-0.4, -0.2) is 31.5 Å². The van der Waals surface area contributed by atoms with Gasteiger partial charge in [0.05, 0.1) is 24.3 Å². The number of nitrogens with zero attached hydrogens (tertiary/aromatic N) is 2. The number of thioether (sulfide) groups is 1. The lowest BCUT2D eigenvalue weighted by Gasteiger charge is -2.05. The van der Waals surface area contributed by atoms with Gasteiger partial charge in [-0.1, -0.05) is 11.8 Å². The standard InChI is InChI=1S/C8H12N2O3S/c1-2-10-6(4-11)3-9-8(10)14-5-7(12)13/h3,11H,2,4-5H2,1H3,(H,12,13). The monoisotopic (exact) mass is 216 g/mol. The summed E-state index contributed by atoms with van der Waals surface area (Å²) in [5, 5.41) is 18.1. The maximum Gasteiger partial charge on any atom is 0.313 e. The molecule has 0 spiro atoms. The first kappa shape index (κ1) is 11.1. The Balaban J connectivity index is 2.75. The van der Waals surface area contributed by atoms with Crippen LogP contribution in [0.4, 0.5) is 0 Å². The van der Waals surface area contributed by atoms with Crippen molar-refractivity contribution in [1.29, 1.82) is 0 Å². The topological polar surface area (TPSA) is 75.3 Å². The van der Waals surface area contributed by atoms with E-state index in [1.165, 1.54) is 0 Å². The van der Waals surface area contributed by atoms with Crippen LogP contribution in [0.5, 0.6) is 0 Å². The van der Waals surface area contributed by atoms with E-state index in [0.29, 0.717) is 17.4 Å². The van der Waals surface area contributed by atoms with Crippen molar-refractivity contribution < 1.29 is 15.0 Å². The Morgan fingerprint density at radius 2 is 2.43 bits per heavy atom. The van der Waals surface area contributed by atoms with Crippen LogP contribution in [0.3, 0.4) is 0 Å². The molecule has 1 aromatic rings. The van der Waals surface area contributed by atoms with Gasteiger partial charge in [0.2, 0.25) is 0 Å². The number of carboxylic acids is 1. The molecule has 1 heterocycles. The van der Waals surface area contributed by atoms with Crippen molar-refractivity contribution in [2.75, 3.05) is 5.75 Å². The number of aliphatic carboxylic acids is 1. The van der Waals surface area contributed by atoms with Crippen LogP contribution in [-0.2, 0) is 17.9 Å². The summed E-state index contributed by atoms with van der Waals surface area (Å²) in [5.41, 5.74) is 0.709. The van der Waals surface area contributed by atoms with Gasteiger partial charge in [0, 0.05) is 6.54 Å². The molecule has 0 unspecified atom stereocenters. The van der Waals surface area contributed by atoms with E-state index in [0.717, 1.165) is 11.8 Å². The number of carbonyl (C=O) groups is 1. The normalized spacial score (nSPS) is 10.4. The lowest BCUT2D eigenvalue weighted by molar-refractivity contribution is -0.133. The molecule has 0 aromatic carbocycles. The number of imidazole rings is 1. The number of hydrogen-bond acceptors (Lipinski definition) is 4. The summed E-state index contributed by atoms with van der Waals surface area (Å²) < 4.78 is 1.80. The number of aromatic nitrogens is 2. The molecule has 0 amide bonds. The molecule has 1 aromatic heterocycles. The first-order valence-corrected chi connectivity index (χ1v) is 5.17. The average molecular weight is 216 g/mol. The Morgan fingerprint density at radius 1 is 1.71 bits per heavy atom. The van der Waals surface area contributed by atoms with Gasteiger partial charge in [0.25, 0.3) is 0 Å². The second-order valence-electron chi connectivity index (χ2n) is 2.62. The van der Waals surface area contributed by atoms with E-state index < -0.39 is 5.97 Å². The Kier molecular flexibility index (Phi) is 3.97. The molecule has 0 aliphatic rings. The fourth-order valence-corrected chi connectivity index (χ4v) is 1.88. The fraction of sp³-hybridized carbons (Fsp3) is 0.500. The molecule has 0 atom stereocenters. The number of aliphatic hydroxyl groups is 1. The summed E-state index contributed by atoms with van der Waals surface area (Å²) in [4.78, 5) is 14.4. The van der Waals surface area contributed by atoms with Gasteiger partial charge in [-0.05, 0) is 6.92 Å². The maximum atomic E-state index is 10.3. The first-order valence-electron chi connectivity index (χ1n) is 4.18. The number of rotatable bonds is 5. The Morgan fingerprint density at radius 3 is 2.93 bits per heavy atom. The lowest BCUT2D eigenvalue weighted by atomic mass is 10.5. The summed E-state index contributed by atoms with van der Waals surface area (Å²) in [7, 11) is 0. The van der Waals surface area contributed by atoms with Crippen molar-refractivity contribution in [3.05, 3.63) is 11.9 Å². The third-order valence-corrected chi connectivity index (χ3v) is 2.68. The molecule has 0 aliphatic carbocycles. The van der Waals surface area contributed by atoms with Gasteiger partial charge >= 0.3 is 5.97 Å². The molecule has 5 nitrogen and oxygen atoms in total. The van der Waals surface area contributed by atoms with E-state index in [2.05, 4.69) is 4.98 Å². The van der Waals surface area contributed by atoms with Gasteiger partial charge in [-0.3, -0.25) is 4.79 Å². The van der Waals surface area contributed by atoms with Crippen molar-refractivity contribution in [2.24, 2.45) is 0 Å². The minimum Gasteiger partial charge on any atom is -0.481 e. The van der Waals surface area contributed by atoms with Gasteiger partial charge in [-0.2, -0.15) is 0 Å². The van der Waals surface area contributed by atoms with Crippen molar-refractivity contribution in [2.45, 2.75) is 25.2 Å². The summed E-state index contributed by atoms with van der Waals surface area (Å²) in [5.74, 6) is -0.881. The molecule has 0 radical (unpaired) electrons. The molecular formula is C8H12N2O3S. The molecule has 1 rings (SSSR count). The van der Waals surface area contributed by atoms with Crippen molar-refractivity contribution in [3.63, 3.8) is 0 Å². The van der Waals surface area contributed by atoms with Crippen LogP contribution in [0.25, 0.3) is 0 Å². The molecule has 0 bridgehead atoms. The van der Waals surface area contributed by atoms with E-state index in [4.69, 9.17) is 10.2 Å². The van der Waals surface area contributed by atoms with E-state index in [1.54, 1.807) is 10.8 Å². The van der Waals surface area contributed by atoms with E-state index in [1.807, 2.05) is 6.92 Å². The molecule has 2 N–H and O–H groups in total. The molecule has 0 saturated carbocycles. The zero-order chi connectivity index (χ0) is 10.6. The third-order valence-electron chi connectivity index (χ3n) is 1.70. The maximum absolute atomic E-state index is 10.3. The smallest absolute Gasteiger partial charge is 0.313 e. The Labute approximate surface area is 85.8 Å². The minimum atomic E-state index is -0.869. The van der Waals surface area contributed by atoms with Gasteiger partial charge in [0.15, 0.2) is 5.16 Å². The summed E-state index contributed by atoms with van der Waals surface area (Å²) in [6.07, 6.45) is 1.56. The van der Waals surface area contributed by atoms with Crippen LogP contribution in [0.1, 0.15) is 12.6 Å². The van der Waals surface area contributed by atoms with E-state index in [-0.39, 0.29) is 12.4 Å². The van der Waals surface area contributed by atoms with Gasteiger partial charge < -0.3 is 14.8 Å². The number of aliphatic hydroxyl groups excluding tert-OH is 1. The average Bonchev–Trinajstić information content (AvgIpc) is 2.56. The van der Waals surface area contributed by atoms with Gasteiger partial charge in [-0.25, -0.2) is 4.98 Å². The first-order chi connectivity index (χ1) is 6.69. The highest BCUT2D eigenvalue weighted by Gasteiger charge is 2.09. The lowest BCUT2D eigenvalue weighted by Crippen LogP contribution is -2.04. The predicted octanol–water partition coefficient (Wildman–Crippen LogP) is 0.572. The zero-order valence-corrected chi connectivity index (χ0v) is 8.62. The second-order valence-corrected chi connectivity index (χ2v) is 3.56. The largest absolute Gasteiger partial charge is 0.481 e. The second kappa shape index (κ2) is 5.02. The van der Waals surface area contributed by atoms with Crippen LogP contribution in [0, 0.1) is 0 Å². The van der Waals surface area contributed by atoms with Crippen LogP contribution < -0.4 is 0 Å². The summed E-state index contributed by atoms with van der Waals surface area (Å²) in [6.45, 7) is 2.53. The van der Waals surface area contributed by atoms with Gasteiger partial charge in [0.1, 0.15) is 0 Å². The Hall–Kier alpha value is -1.01. The molecule has 0 saturated heterocycles. The highest BCUT2D eigenvalue weighted by Crippen LogP contribution is 2.18. The molecule has 0 fully saturated rings. The molecular weight excluding hydrogens is 204 g/mol. The fourth-order valence-electron chi connectivity index (χ4n) is 1.10. The van der Waals surface area contributed by atoms with Crippen LogP contribution >= 0.6 is 11.8 Å². The van der Waals surface area contributed by atoms with Crippen molar-refractivity contribution in [1.82, 2.24) is 9.55 Å². The number of carboxylic acid groups (broad SMARTS) is 1. The Bertz CT molecular complexity index is 324. The van der Waals surface area contributed by atoms with Crippen LogP contribution in [0.2, 0.25) is 0 Å². The predicted molar refractivity (Wildman–Crippen MR) is 52.2 cm³/mol. The summed E-state index contributed by atoms with van der Waals surface area (Å²) >= 11 is 1.16. The highest BCUT2D eigenvalue weighted by atomic mass is 32.2. The molecule has 6 heteroatoms. The third kappa shape index (κ3) is 2.49. The quantitative estimate of drug-likeness (QED) is 0.704. The van der Waals surface area contributed by atoms with Crippen molar-refractivity contribution >= 4 is 17.7 Å². The molecule has 0 aliphatic heterocycles. The molecule has 14 heavy (non-hydrogen) atoms. The number of hydrogen-bond donors (Lipinski definition) is 2. The van der Waals surface area contributed by atoms with E-state index >= 15 is 0 Å². The van der Waals surface area contributed by atoms with Crippen LogP contribution in [0.15, 0.2) is 11.4 Å². The minimum absolute atomic E-state index is 0.0120.